The fourth-order valence-electron chi connectivity index (χ4n) is 3.33. The molecule has 5 nitrogen and oxygen atoms in total. The Morgan fingerprint density at radius 3 is 2.41 bits per heavy atom. The summed E-state index contributed by atoms with van der Waals surface area (Å²) in [5.74, 6) is 0.0893. The lowest BCUT2D eigenvalue weighted by Crippen LogP contribution is -3.15. The fourth-order valence-corrected chi connectivity index (χ4v) is 3.50. The van der Waals surface area contributed by atoms with Gasteiger partial charge in [0.05, 0.1) is 26.2 Å². The molecule has 1 amide bonds. The van der Waals surface area contributed by atoms with Gasteiger partial charge in [-0.05, 0) is 55.8 Å². The van der Waals surface area contributed by atoms with E-state index < -0.39 is 0 Å². The van der Waals surface area contributed by atoms with Crippen LogP contribution in [-0.4, -0.2) is 44.4 Å². The van der Waals surface area contributed by atoms with Crippen LogP contribution in [0.1, 0.15) is 22.8 Å². The number of ketones is 1. The van der Waals surface area contributed by atoms with Gasteiger partial charge in [-0.1, -0.05) is 17.7 Å². The monoisotopic (exact) mass is 386 g/mol. The highest BCUT2D eigenvalue weighted by atomic mass is 35.5. The summed E-state index contributed by atoms with van der Waals surface area (Å²) < 4.78 is 0. The normalized spacial score (nSPS) is 14.9. The number of hydrogen-bond donors (Lipinski definition) is 2. The molecule has 0 aliphatic carbocycles. The molecule has 3 rings (SSSR count). The summed E-state index contributed by atoms with van der Waals surface area (Å²) in [6.45, 7) is 7.50. The molecule has 1 heterocycles. The maximum Gasteiger partial charge on any atom is 0.279 e. The molecule has 6 heteroatoms. The maximum atomic E-state index is 12.4. The molecule has 27 heavy (non-hydrogen) atoms. The zero-order chi connectivity index (χ0) is 19.4. The van der Waals surface area contributed by atoms with Crippen molar-refractivity contribution in [3.05, 3.63) is 58.6 Å². The molecule has 0 spiro atoms. The van der Waals surface area contributed by atoms with Crippen molar-refractivity contribution in [1.29, 1.82) is 0 Å². The predicted molar refractivity (Wildman–Crippen MR) is 109 cm³/mol. The van der Waals surface area contributed by atoms with Crippen molar-refractivity contribution in [2.45, 2.75) is 13.8 Å². The molecule has 1 saturated heterocycles. The quantitative estimate of drug-likeness (QED) is 0.774. The van der Waals surface area contributed by atoms with Gasteiger partial charge >= 0.3 is 0 Å². The summed E-state index contributed by atoms with van der Waals surface area (Å²) in [5.41, 5.74) is 3.52. The van der Waals surface area contributed by atoms with E-state index in [1.54, 1.807) is 6.92 Å². The molecule has 0 bridgehead atoms. The number of nitrogens with one attached hydrogen (secondary N) is 2. The van der Waals surface area contributed by atoms with Gasteiger partial charge in [-0.15, -0.1) is 0 Å². The zero-order valence-electron chi connectivity index (χ0n) is 15.7. The fraction of sp³-hybridized carbons (Fsp3) is 0.333. The molecule has 2 aromatic rings. The Balaban J connectivity index is 1.51. The predicted octanol–water partition coefficient (Wildman–Crippen LogP) is 2.19. The number of anilines is 2. The molecule has 0 unspecified atom stereocenters. The second-order valence-electron chi connectivity index (χ2n) is 6.98. The molecule has 142 valence electrons. The topological polar surface area (TPSA) is 53.9 Å². The zero-order valence-corrected chi connectivity index (χ0v) is 16.5. The average Bonchev–Trinajstić information content (AvgIpc) is 2.66. The highest BCUT2D eigenvalue weighted by Gasteiger charge is 2.22. The van der Waals surface area contributed by atoms with Gasteiger partial charge in [-0.3, -0.25) is 9.59 Å². The Hall–Kier alpha value is -2.37. The van der Waals surface area contributed by atoms with Crippen LogP contribution in [0.2, 0.25) is 5.02 Å². The molecule has 0 radical (unpaired) electrons. The maximum absolute atomic E-state index is 12.4. The Morgan fingerprint density at radius 2 is 1.78 bits per heavy atom. The largest absolute Gasteiger partial charge is 0.360 e. The number of halogens is 1. The molecule has 1 fully saturated rings. The summed E-state index contributed by atoms with van der Waals surface area (Å²) in [6, 6.07) is 13.3. The molecular weight excluding hydrogens is 362 g/mol. The van der Waals surface area contributed by atoms with Crippen LogP contribution >= 0.6 is 11.6 Å². The van der Waals surface area contributed by atoms with Crippen LogP contribution in [0.15, 0.2) is 42.5 Å². The number of Topliss-reactive ketones (excluding diaryl/α,β-unsaturated/α-hetero) is 1. The van der Waals surface area contributed by atoms with Gasteiger partial charge in [0.25, 0.3) is 5.91 Å². The van der Waals surface area contributed by atoms with Crippen LogP contribution in [0.3, 0.4) is 0 Å². The molecule has 2 aromatic carbocycles. The second kappa shape index (κ2) is 8.55. The lowest BCUT2D eigenvalue weighted by molar-refractivity contribution is -0.892. The van der Waals surface area contributed by atoms with E-state index in [1.807, 2.05) is 49.4 Å². The smallest absolute Gasteiger partial charge is 0.279 e. The number of carbonyl (C=O) groups is 2. The molecule has 2 N–H and O–H groups in total. The van der Waals surface area contributed by atoms with Crippen LogP contribution in [0, 0.1) is 6.92 Å². The lowest BCUT2D eigenvalue weighted by Gasteiger charge is -2.33. The Kier molecular flexibility index (Phi) is 6.14. The third-order valence-corrected chi connectivity index (χ3v) is 5.47. The molecule has 0 atom stereocenters. The van der Waals surface area contributed by atoms with Crippen LogP contribution < -0.4 is 15.1 Å². The number of quaternary nitrogens is 1. The van der Waals surface area contributed by atoms with E-state index in [9.17, 15) is 9.59 Å². The molecule has 0 aromatic heterocycles. The first-order chi connectivity index (χ1) is 12.9. The Morgan fingerprint density at radius 1 is 1.11 bits per heavy atom. The van der Waals surface area contributed by atoms with Gasteiger partial charge in [-0.2, -0.15) is 0 Å². The number of hydrogen-bond acceptors (Lipinski definition) is 3. The van der Waals surface area contributed by atoms with Crippen molar-refractivity contribution in [2.24, 2.45) is 0 Å². The van der Waals surface area contributed by atoms with Crippen LogP contribution in [-0.2, 0) is 4.79 Å². The first-order valence-electron chi connectivity index (χ1n) is 9.18. The standard InChI is InChI=1S/C21H24ClN3O2/c1-15-19(22)4-3-5-20(15)23-21(27)14-24-10-12-25(13-11-24)18-8-6-17(7-9-18)16(2)26/h3-9H,10-14H2,1-2H3,(H,23,27)/p+1. The third-order valence-electron chi connectivity index (χ3n) is 5.06. The number of piperazine rings is 1. The van der Waals surface area contributed by atoms with Crippen LogP contribution in [0.4, 0.5) is 11.4 Å². The highest BCUT2D eigenvalue weighted by molar-refractivity contribution is 6.31. The van der Waals surface area contributed by atoms with Crippen molar-refractivity contribution in [1.82, 2.24) is 0 Å². The summed E-state index contributed by atoms with van der Waals surface area (Å²) in [7, 11) is 0. The van der Waals surface area contributed by atoms with Crippen molar-refractivity contribution in [3.63, 3.8) is 0 Å². The van der Waals surface area contributed by atoms with Gasteiger partial charge in [0.2, 0.25) is 0 Å². The van der Waals surface area contributed by atoms with E-state index in [4.69, 9.17) is 11.6 Å². The van der Waals surface area contributed by atoms with E-state index in [0.717, 1.165) is 48.7 Å². The van der Waals surface area contributed by atoms with Crippen LogP contribution in [0.5, 0.6) is 0 Å². The Labute approximate surface area is 164 Å². The van der Waals surface area contributed by atoms with E-state index in [2.05, 4.69) is 10.2 Å². The van der Waals surface area contributed by atoms with Crippen molar-refractivity contribution in [3.8, 4) is 0 Å². The van der Waals surface area contributed by atoms with E-state index in [1.165, 1.54) is 4.90 Å². The first-order valence-corrected chi connectivity index (χ1v) is 9.56. The Bertz CT molecular complexity index is 828. The average molecular weight is 387 g/mol. The summed E-state index contributed by atoms with van der Waals surface area (Å²) in [4.78, 5) is 27.3. The van der Waals surface area contributed by atoms with Gasteiger partial charge in [0.1, 0.15) is 0 Å². The highest BCUT2D eigenvalue weighted by Crippen LogP contribution is 2.22. The van der Waals surface area contributed by atoms with Gasteiger partial charge < -0.3 is 15.1 Å². The first kappa shape index (κ1) is 19.4. The van der Waals surface area contributed by atoms with Crippen molar-refractivity contribution in [2.75, 3.05) is 42.9 Å². The molecule has 1 aliphatic rings. The summed E-state index contributed by atoms with van der Waals surface area (Å²) >= 11 is 6.11. The molecule has 0 saturated carbocycles. The van der Waals surface area contributed by atoms with Gasteiger partial charge in [0.15, 0.2) is 12.3 Å². The molecule has 1 aliphatic heterocycles. The van der Waals surface area contributed by atoms with E-state index in [0.29, 0.717) is 11.6 Å². The number of nitrogens with zero attached hydrogens (tertiary/aromatic N) is 1. The molecular formula is C21H25ClN3O2+. The summed E-state index contributed by atoms with van der Waals surface area (Å²) in [6.07, 6.45) is 0. The minimum Gasteiger partial charge on any atom is -0.360 e. The van der Waals surface area contributed by atoms with Crippen molar-refractivity contribution < 1.29 is 14.5 Å². The number of carbonyl (C=O) groups excluding carboxylic acids is 2. The van der Waals surface area contributed by atoms with E-state index >= 15 is 0 Å². The van der Waals surface area contributed by atoms with Crippen molar-refractivity contribution >= 4 is 34.7 Å². The van der Waals surface area contributed by atoms with Gasteiger partial charge in [-0.25, -0.2) is 0 Å². The number of amides is 1. The SMILES string of the molecule is CC(=O)c1ccc(N2CC[NH+](CC(=O)Nc3cccc(Cl)c3C)CC2)cc1. The third kappa shape index (κ3) is 4.87. The number of rotatable bonds is 5. The van der Waals surface area contributed by atoms with Crippen LogP contribution in [0.25, 0.3) is 0 Å². The lowest BCUT2D eigenvalue weighted by atomic mass is 10.1. The van der Waals surface area contributed by atoms with Gasteiger partial charge in [0, 0.05) is 22.0 Å². The minimum absolute atomic E-state index is 0.00891. The van der Waals surface area contributed by atoms with E-state index in [-0.39, 0.29) is 11.7 Å². The summed E-state index contributed by atoms with van der Waals surface area (Å²) in [5, 5.41) is 3.63. The second-order valence-corrected chi connectivity index (χ2v) is 7.38. The number of benzene rings is 2. The minimum atomic E-state index is 0.00891.